The van der Waals surface area contributed by atoms with Gasteiger partial charge in [0.25, 0.3) is 5.78 Å². The highest BCUT2D eigenvalue weighted by atomic mass is 32.1. The van der Waals surface area contributed by atoms with Gasteiger partial charge in [0.1, 0.15) is 22.1 Å². The van der Waals surface area contributed by atoms with Crippen LogP contribution in [0, 0.1) is 6.92 Å². The summed E-state index contributed by atoms with van der Waals surface area (Å²) in [5.41, 5.74) is 0.919. The molecule has 10 heteroatoms. The SMILES string of the molecule is COC(=O)c1sc(N2C(=O)C(=O)C(=C(O)c3cccc(OC)c3)[C@@H]2c2ccc(O)cc2)nc1C. The molecule has 2 aromatic carbocycles. The number of carbonyl (C=O) groups excluding carboxylic acids is 3. The van der Waals surface area contributed by atoms with Crippen LogP contribution in [0.5, 0.6) is 11.5 Å². The molecule has 0 spiro atoms. The normalized spacial score (nSPS) is 17.1. The van der Waals surface area contributed by atoms with Gasteiger partial charge in [-0.15, -0.1) is 0 Å². The lowest BCUT2D eigenvalue weighted by molar-refractivity contribution is -0.132. The highest BCUT2D eigenvalue weighted by molar-refractivity contribution is 7.17. The molecule has 1 aliphatic heterocycles. The highest BCUT2D eigenvalue weighted by Crippen LogP contribution is 2.44. The molecule has 1 aliphatic rings. The first-order valence-corrected chi connectivity index (χ1v) is 10.9. The molecule has 9 nitrogen and oxygen atoms in total. The van der Waals surface area contributed by atoms with Gasteiger partial charge in [-0.2, -0.15) is 0 Å². The number of aliphatic hydroxyl groups is 1. The fourth-order valence-electron chi connectivity index (χ4n) is 3.70. The average molecular weight is 480 g/mol. The van der Waals surface area contributed by atoms with E-state index in [9.17, 15) is 24.6 Å². The Hall–Kier alpha value is -4.18. The Kier molecular flexibility index (Phi) is 6.08. The number of amides is 1. The maximum atomic E-state index is 13.2. The summed E-state index contributed by atoms with van der Waals surface area (Å²) in [6, 6.07) is 11.3. The molecule has 1 aromatic heterocycles. The van der Waals surface area contributed by atoms with Crippen molar-refractivity contribution in [1.29, 1.82) is 0 Å². The van der Waals surface area contributed by atoms with Gasteiger partial charge in [-0.1, -0.05) is 35.6 Å². The Bertz CT molecular complexity index is 1330. The van der Waals surface area contributed by atoms with Gasteiger partial charge in [0.05, 0.1) is 31.5 Å². The first kappa shape index (κ1) is 23.0. The van der Waals surface area contributed by atoms with Crippen LogP contribution in [0.25, 0.3) is 5.76 Å². The van der Waals surface area contributed by atoms with Crippen LogP contribution in [0.2, 0.25) is 0 Å². The second-order valence-corrected chi connectivity index (χ2v) is 8.37. The number of aromatic nitrogens is 1. The summed E-state index contributed by atoms with van der Waals surface area (Å²) < 4.78 is 9.98. The predicted octanol–water partition coefficient (Wildman–Crippen LogP) is 3.58. The lowest BCUT2D eigenvalue weighted by atomic mass is 9.95. The third kappa shape index (κ3) is 3.88. The number of nitrogens with zero attached hydrogens (tertiary/aromatic N) is 2. The molecule has 1 saturated heterocycles. The van der Waals surface area contributed by atoms with E-state index in [0.717, 1.165) is 16.2 Å². The van der Waals surface area contributed by atoms with Crippen LogP contribution in [-0.2, 0) is 14.3 Å². The quantitative estimate of drug-likeness (QED) is 0.246. The standard InChI is InChI=1S/C24H20N2O7S/c1-12-21(23(31)33-3)34-24(25-12)26-18(13-7-9-15(27)10-8-13)17(20(29)22(26)30)19(28)14-5-4-6-16(11-14)32-2/h4-11,18,27-28H,1-3H3/t18-/m0/s1. The van der Waals surface area contributed by atoms with Crippen molar-refractivity contribution in [3.05, 3.63) is 75.8 Å². The van der Waals surface area contributed by atoms with Crippen LogP contribution >= 0.6 is 11.3 Å². The number of hydrogen-bond acceptors (Lipinski definition) is 9. The second-order valence-electron chi connectivity index (χ2n) is 7.40. The van der Waals surface area contributed by atoms with E-state index in [-0.39, 0.29) is 32.7 Å². The maximum Gasteiger partial charge on any atom is 0.350 e. The van der Waals surface area contributed by atoms with Gasteiger partial charge in [-0.05, 0) is 36.8 Å². The largest absolute Gasteiger partial charge is 0.508 e. The zero-order valence-corrected chi connectivity index (χ0v) is 19.3. The number of anilines is 1. The summed E-state index contributed by atoms with van der Waals surface area (Å²) in [4.78, 5) is 44.1. The minimum atomic E-state index is -1.05. The van der Waals surface area contributed by atoms with E-state index in [1.54, 1.807) is 43.3 Å². The van der Waals surface area contributed by atoms with Crippen molar-refractivity contribution in [2.75, 3.05) is 19.1 Å². The van der Waals surface area contributed by atoms with Gasteiger partial charge >= 0.3 is 11.9 Å². The summed E-state index contributed by atoms with van der Waals surface area (Å²) in [7, 11) is 2.70. The van der Waals surface area contributed by atoms with Gasteiger partial charge in [-0.3, -0.25) is 14.5 Å². The Morgan fingerprint density at radius 2 is 1.82 bits per heavy atom. The molecule has 3 aromatic rings. The Labute approximate surface area is 198 Å². The van der Waals surface area contributed by atoms with Gasteiger partial charge in [0.15, 0.2) is 5.13 Å². The molecule has 0 unspecified atom stereocenters. The van der Waals surface area contributed by atoms with Crippen LogP contribution in [-0.4, -0.2) is 47.1 Å². The van der Waals surface area contributed by atoms with Crippen LogP contribution in [0.15, 0.2) is 54.1 Å². The first-order valence-electron chi connectivity index (χ1n) is 10.1. The lowest BCUT2D eigenvalue weighted by Crippen LogP contribution is -2.29. The summed E-state index contributed by atoms with van der Waals surface area (Å²) in [6.07, 6.45) is 0. The fraction of sp³-hybridized carbons (Fsp3) is 0.167. The van der Waals surface area contributed by atoms with Crippen molar-refractivity contribution in [2.24, 2.45) is 0 Å². The number of rotatable bonds is 5. The fourth-order valence-corrected chi connectivity index (χ4v) is 4.71. The van der Waals surface area contributed by atoms with Crippen molar-refractivity contribution in [2.45, 2.75) is 13.0 Å². The van der Waals surface area contributed by atoms with E-state index in [1.165, 1.54) is 26.4 Å². The third-order valence-electron chi connectivity index (χ3n) is 5.36. The highest BCUT2D eigenvalue weighted by Gasteiger charge is 2.48. The molecule has 0 bridgehead atoms. The van der Waals surface area contributed by atoms with Crippen molar-refractivity contribution in [1.82, 2.24) is 4.98 Å². The molecule has 4 rings (SSSR count). The van der Waals surface area contributed by atoms with E-state index in [2.05, 4.69) is 4.98 Å². The predicted molar refractivity (Wildman–Crippen MR) is 124 cm³/mol. The Morgan fingerprint density at radius 1 is 1.12 bits per heavy atom. The smallest absolute Gasteiger partial charge is 0.350 e. The molecule has 174 valence electrons. The number of methoxy groups -OCH3 is 2. The number of phenols is 1. The summed E-state index contributed by atoms with van der Waals surface area (Å²) >= 11 is 0.906. The number of ether oxygens (including phenoxy) is 2. The number of thiazole rings is 1. The number of hydrogen-bond donors (Lipinski definition) is 2. The molecular formula is C24H20N2O7S. The zero-order valence-electron chi connectivity index (χ0n) is 18.4. The molecular weight excluding hydrogens is 460 g/mol. The number of aromatic hydroxyl groups is 1. The van der Waals surface area contributed by atoms with E-state index in [1.807, 2.05) is 0 Å². The van der Waals surface area contributed by atoms with E-state index in [4.69, 9.17) is 9.47 Å². The second kappa shape index (κ2) is 8.99. The van der Waals surface area contributed by atoms with Gasteiger partial charge < -0.3 is 19.7 Å². The average Bonchev–Trinajstić information content (AvgIpc) is 3.35. The number of aryl methyl sites for hydroxylation is 1. The number of carbonyl (C=O) groups is 3. The number of benzene rings is 2. The maximum absolute atomic E-state index is 13.2. The van der Waals surface area contributed by atoms with Crippen LogP contribution in [0.1, 0.15) is 32.5 Å². The molecule has 0 saturated carbocycles. The summed E-state index contributed by atoms with van der Waals surface area (Å²) in [6.45, 7) is 1.59. The van der Waals surface area contributed by atoms with E-state index < -0.39 is 23.7 Å². The van der Waals surface area contributed by atoms with Crippen LogP contribution in [0.3, 0.4) is 0 Å². The van der Waals surface area contributed by atoms with Crippen molar-refractivity contribution in [3.63, 3.8) is 0 Å². The Morgan fingerprint density at radius 3 is 2.47 bits per heavy atom. The summed E-state index contributed by atoms with van der Waals surface area (Å²) in [5, 5.41) is 21.0. The molecule has 1 fully saturated rings. The molecule has 1 amide bonds. The van der Waals surface area contributed by atoms with Crippen molar-refractivity contribution < 1.29 is 34.1 Å². The van der Waals surface area contributed by atoms with Gasteiger partial charge in [0, 0.05) is 5.56 Å². The number of Topliss-reactive ketones (excluding diaryl/α,β-unsaturated/α-hetero) is 1. The molecule has 2 heterocycles. The number of ketones is 1. The minimum Gasteiger partial charge on any atom is -0.508 e. The van der Waals surface area contributed by atoms with Gasteiger partial charge in [0.2, 0.25) is 0 Å². The zero-order chi connectivity index (χ0) is 24.6. The van der Waals surface area contributed by atoms with Crippen LogP contribution in [0.4, 0.5) is 5.13 Å². The molecule has 34 heavy (non-hydrogen) atoms. The first-order chi connectivity index (χ1) is 16.3. The van der Waals surface area contributed by atoms with Crippen LogP contribution < -0.4 is 9.64 Å². The molecule has 0 aliphatic carbocycles. The van der Waals surface area contributed by atoms with E-state index in [0.29, 0.717) is 17.0 Å². The minimum absolute atomic E-state index is 0.00781. The molecule has 1 atom stereocenters. The molecule has 2 N–H and O–H groups in total. The van der Waals surface area contributed by atoms with E-state index >= 15 is 0 Å². The lowest BCUT2D eigenvalue weighted by Gasteiger charge is -2.23. The van der Waals surface area contributed by atoms with Crippen molar-refractivity contribution >= 4 is 39.9 Å². The summed E-state index contributed by atoms with van der Waals surface area (Å²) in [5.74, 6) is -2.38. The van der Waals surface area contributed by atoms with Gasteiger partial charge in [-0.25, -0.2) is 9.78 Å². The number of esters is 1. The monoisotopic (exact) mass is 480 g/mol. The topological polar surface area (TPSA) is 126 Å². The third-order valence-corrected chi connectivity index (χ3v) is 6.50. The number of aliphatic hydroxyl groups excluding tert-OH is 1. The van der Waals surface area contributed by atoms with Crippen molar-refractivity contribution in [3.8, 4) is 11.5 Å². The molecule has 0 radical (unpaired) electrons. The number of phenolic OH excluding ortho intramolecular Hbond substituents is 1. The Balaban J connectivity index is 1.93.